The number of rotatable bonds is 5. The van der Waals surface area contributed by atoms with Crippen LogP contribution in [0.1, 0.15) is 40.3 Å². The van der Waals surface area contributed by atoms with E-state index in [1.165, 1.54) is 33.4 Å². The van der Waals surface area contributed by atoms with Crippen LogP contribution in [-0.4, -0.2) is 24.8 Å². The van der Waals surface area contributed by atoms with Gasteiger partial charge in [-0.2, -0.15) is 0 Å². The van der Waals surface area contributed by atoms with E-state index in [2.05, 4.69) is 74.8 Å². The van der Waals surface area contributed by atoms with Crippen LogP contribution < -0.4 is 0 Å². The number of aryl methyl sites for hydroxylation is 4. The molecule has 0 saturated carbocycles. The van der Waals surface area contributed by atoms with Gasteiger partial charge in [0.15, 0.2) is 0 Å². The second-order valence-electron chi connectivity index (χ2n) is 6.48. The summed E-state index contributed by atoms with van der Waals surface area (Å²) in [4.78, 5) is 6.69. The summed E-state index contributed by atoms with van der Waals surface area (Å²) in [6.45, 7) is 11.7. The topological polar surface area (TPSA) is 15.6 Å². The lowest BCUT2D eigenvalue weighted by molar-refractivity contribution is 0.552. The van der Waals surface area contributed by atoms with Crippen LogP contribution in [0.5, 0.6) is 0 Å². The van der Waals surface area contributed by atoms with Gasteiger partial charge in [-0.1, -0.05) is 24.3 Å². The second-order valence-corrected chi connectivity index (χ2v) is 6.48. The molecule has 2 aromatic carbocycles. The molecule has 122 valence electrons. The van der Waals surface area contributed by atoms with Crippen LogP contribution in [0.15, 0.2) is 35.3 Å². The van der Waals surface area contributed by atoms with Crippen molar-refractivity contribution < 1.29 is 0 Å². The van der Waals surface area contributed by atoms with Gasteiger partial charge in [-0.25, -0.2) is 4.99 Å². The third-order valence-electron chi connectivity index (χ3n) is 4.51. The maximum Gasteiger partial charge on any atom is 0.0909 e. The van der Waals surface area contributed by atoms with E-state index in [-0.39, 0.29) is 0 Å². The van der Waals surface area contributed by atoms with Crippen molar-refractivity contribution in [3.63, 3.8) is 0 Å². The van der Waals surface area contributed by atoms with Crippen molar-refractivity contribution in [1.29, 1.82) is 0 Å². The monoisotopic (exact) mass is 308 g/mol. The van der Waals surface area contributed by atoms with E-state index < -0.39 is 0 Å². The molecule has 0 aliphatic heterocycles. The first-order valence-electron chi connectivity index (χ1n) is 8.31. The average Bonchev–Trinajstić information content (AvgIpc) is 2.52. The Labute approximate surface area is 140 Å². The summed E-state index contributed by atoms with van der Waals surface area (Å²) in [6.07, 6.45) is 2.89. The molecule has 2 aromatic rings. The van der Waals surface area contributed by atoms with Crippen molar-refractivity contribution >= 4 is 12.0 Å². The van der Waals surface area contributed by atoms with E-state index in [0.29, 0.717) is 0 Å². The Bertz CT molecular complexity index is 714. The number of hydrogen-bond donors (Lipinski definition) is 0. The van der Waals surface area contributed by atoms with E-state index in [0.717, 1.165) is 18.7 Å². The molecule has 2 nitrogen and oxygen atoms in total. The largest absolute Gasteiger partial charge is 0.366 e. The lowest BCUT2D eigenvalue weighted by atomic mass is 9.96. The summed E-state index contributed by atoms with van der Waals surface area (Å²) >= 11 is 0. The highest BCUT2D eigenvalue weighted by molar-refractivity contribution is 5.64. The summed E-state index contributed by atoms with van der Waals surface area (Å²) < 4.78 is 0. The van der Waals surface area contributed by atoms with Crippen LogP contribution in [-0.2, 0) is 6.42 Å². The van der Waals surface area contributed by atoms with Gasteiger partial charge in [0.1, 0.15) is 0 Å². The molecular formula is C21H28N2. The molecule has 0 heterocycles. The minimum absolute atomic E-state index is 0.965. The summed E-state index contributed by atoms with van der Waals surface area (Å²) in [5, 5.41) is 0. The molecule has 2 heteroatoms. The summed E-state index contributed by atoms with van der Waals surface area (Å²) in [5.74, 6) is 0. The standard InChI is InChI=1S/C21H28N2/c1-7-23(6)14-22-21-12-17(4)20(11-18(21)5)13-19-9-8-15(2)16(3)10-19/h8-12,14H,7,13H2,1-6H3. The van der Waals surface area contributed by atoms with E-state index >= 15 is 0 Å². The molecular weight excluding hydrogens is 280 g/mol. The average molecular weight is 308 g/mol. The molecule has 0 bridgehead atoms. The van der Waals surface area contributed by atoms with Crippen LogP contribution >= 0.6 is 0 Å². The van der Waals surface area contributed by atoms with E-state index in [1.807, 2.05) is 13.4 Å². The highest BCUT2D eigenvalue weighted by Crippen LogP contribution is 2.25. The first-order valence-corrected chi connectivity index (χ1v) is 8.31. The molecule has 0 unspecified atom stereocenters. The van der Waals surface area contributed by atoms with Crippen molar-refractivity contribution in [3.05, 3.63) is 63.7 Å². The molecule has 0 atom stereocenters. The SMILES string of the molecule is CCN(C)C=Nc1cc(C)c(Cc2ccc(C)c(C)c2)cc1C. The molecule has 23 heavy (non-hydrogen) atoms. The predicted octanol–water partition coefficient (Wildman–Crippen LogP) is 5.12. The minimum Gasteiger partial charge on any atom is -0.366 e. The summed E-state index contributed by atoms with van der Waals surface area (Å²) in [6, 6.07) is 11.2. The Balaban J connectivity index is 2.25. The highest BCUT2D eigenvalue weighted by Gasteiger charge is 2.06. The molecule has 0 aliphatic rings. The van der Waals surface area contributed by atoms with Gasteiger partial charge in [-0.15, -0.1) is 0 Å². The third kappa shape index (κ3) is 4.44. The summed E-state index contributed by atoms with van der Waals surface area (Å²) in [7, 11) is 2.04. The Hall–Kier alpha value is -2.09. The van der Waals surface area contributed by atoms with Crippen molar-refractivity contribution in [2.24, 2.45) is 4.99 Å². The van der Waals surface area contributed by atoms with Crippen LogP contribution in [0.25, 0.3) is 0 Å². The predicted molar refractivity (Wildman–Crippen MR) is 101 cm³/mol. The summed E-state index contributed by atoms with van der Waals surface area (Å²) in [5.41, 5.74) is 9.07. The maximum absolute atomic E-state index is 4.61. The first kappa shape index (κ1) is 17.3. The smallest absolute Gasteiger partial charge is 0.0909 e. The van der Waals surface area contributed by atoms with E-state index in [1.54, 1.807) is 0 Å². The van der Waals surface area contributed by atoms with Crippen molar-refractivity contribution in [2.75, 3.05) is 13.6 Å². The van der Waals surface area contributed by atoms with Gasteiger partial charge in [0, 0.05) is 13.6 Å². The zero-order valence-electron chi connectivity index (χ0n) is 15.3. The molecule has 0 saturated heterocycles. The maximum atomic E-state index is 4.61. The Morgan fingerprint density at radius 1 is 0.913 bits per heavy atom. The first-order chi connectivity index (χ1) is 10.9. The van der Waals surface area contributed by atoms with E-state index in [4.69, 9.17) is 0 Å². The van der Waals surface area contributed by atoms with Crippen molar-refractivity contribution in [3.8, 4) is 0 Å². The lowest BCUT2D eigenvalue weighted by Crippen LogP contribution is -2.14. The van der Waals surface area contributed by atoms with E-state index in [9.17, 15) is 0 Å². The molecule has 0 fully saturated rings. The normalized spacial score (nSPS) is 11.2. The van der Waals surface area contributed by atoms with Gasteiger partial charge in [0.2, 0.25) is 0 Å². The lowest BCUT2D eigenvalue weighted by Gasteiger charge is -2.12. The zero-order valence-corrected chi connectivity index (χ0v) is 15.3. The molecule has 0 spiro atoms. The molecule has 0 amide bonds. The quantitative estimate of drug-likeness (QED) is 0.553. The van der Waals surface area contributed by atoms with Gasteiger partial charge in [0.05, 0.1) is 12.0 Å². The van der Waals surface area contributed by atoms with Crippen molar-refractivity contribution in [2.45, 2.75) is 41.0 Å². The molecule has 0 aliphatic carbocycles. The van der Waals surface area contributed by atoms with Crippen LogP contribution in [0.3, 0.4) is 0 Å². The van der Waals surface area contributed by atoms with Crippen LogP contribution in [0.4, 0.5) is 5.69 Å². The van der Waals surface area contributed by atoms with Gasteiger partial charge < -0.3 is 4.90 Å². The second kappa shape index (κ2) is 7.45. The van der Waals surface area contributed by atoms with Crippen molar-refractivity contribution in [1.82, 2.24) is 4.90 Å². The van der Waals surface area contributed by atoms with Crippen LogP contribution in [0.2, 0.25) is 0 Å². The molecule has 0 radical (unpaired) electrons. The zero-order chi connectivity index (χ0) is 17.0. The fourth-order valence-corrected chi connectivity index (χ4v) is 2.57. The minimum atomic E-state index is 0.965. The number of nitrogens with zero attached hydrogens (tertiary/aromatic N) is 2. The fraction of sp³-hybridized carbons (Fsp3) is 0.381. The Kier molecular flexibility index (Phi) is 5.59. The van der Waals surface area contributed by atoms with Gasteiger partial charge in [-0.3, -0.25) is 0 Å². The molecule has 0 N–H and O–H groups in total. The Morgan fingerprint density at radius 3 is 2.30 bits per heavy atom. The third-order valence-corrected chi connectivity index (χ3v) is 4.51. The highest BCUT2D eigenvalue weighted by atomic mass is 15.1. The van der Waals surface area contributed by atoms with Gasteiger partial charge >= 0.3 is 0 Å². The van der Waals surface area contributed by atoms with Crippen LogP contribution in [0, 0.1) is 27.7 Å². The number of hydrogen-bond acceptors (Lipinski definition) is 1. The van der Waals surface area contributed by atoms with Gasteiger partial charge in [0.25, 0.3) is 0 Å². The number of aliphatic imine (C=N–C) groups is 1. The Morgan fingerprint density at radius 2 is 1.65 bits per heavy atom. The molecule has 2 rings (SSSR count). The van der Waals surface area contributed by atoms with Gasteiger partial charge in [-0.05, 0) is 80.5 Å². The fourth-order valence-electron chi connectivity index (χ4n) is 2.57. The number of benzene rings is 2. The molecule has 0 aromatic heterocycles.